The van der Waals surface area contributed by atoms with E-state index in [2.05, 4.69) is 0 Å². The second-order valence-electron chi connectivity index (χ2n) is 4.87. The third kappa shape index (κ3) is 4.43. The predicted molar refractivity (Wildman–Crippen MR) is 83.7 cm³/mol. The van der Waals surface area contributed by atoms with E-state index in [-0.39, 0.29) is 11.6 Å². The molecule has 3 heteroatoms. The van der Waals surface area contributed by atoms with Crippen LogP contribution in [0.3, 0.4) is 0 Å². The molecule has 0 saturated heterocycles. The fraction of sp³-hybridized carbons (Fsp3) is 0.222. The van der Waals surface area contributed by atoms with Gasteiger partial charge in [0.2, 0.25) is 0 Å². The molecule has 0 atom stereocenters. The molecule has 0 aromatic heterocycles. The first-order valence-corrected chi connectivity index (χ1v) is 7.02. The Morgan fingerprint density at radius 1 is 1.14 bits per heavy atom. The van der Waals surface area contributed by atoms with Crippen molar-refractivity contribution in [2.75, 3.05) is 6.54 Å². The molecule has 110 valence electrons. The van der Waals surface area contributed by atoms with Crippen LogP contribution in [0.15, 0.2) is 60.2 Å². The number of halogens is 1. The molecule has 0 bridgehead atoms. The smallest absolute Gasteiger partial charge is 0.165 e. The molecule has 0 aliphatic carbocycles. The van der Waals surface area contributed by atoms with Crippen LogP contribution >= 0.6 is 0 Å². The van der Waals surface area contributed by atoms with Crippen molar-refractivity contribution in [1.29, 1.82) is 0 Å². The Bertz CT molecular complexity index is 608. The van der Waals surface area contributed by atoms with Gasteiger partial charge in [0.15, 0.2) is 11.6 Å². The molecule has 0 aliphatic heterocycles. The van der Waals surface area contributed by atoms with Crippen LogP contribution in [0, 0.1) is 5.82 Å². The highest BCUT2D eigenvalue weighted by molar-refractivity contribution is 5.32. The van der Waals surface area contributed by atoms with Crippen molar-refractivity contribution in [3.63, 3.8) is 0 Å². The van der Waals surface area contributed by atoms with Crippen LogP contribution < -0.4 is 10.5 Å². The molecular weight excluding hydrogens is 265 g/mol. The summed E-state index contributed by atoms with van der Waals surface area (Å²) in [6.45, 7) is 2.79. The van der Waals surface area contributed by atoms with Gasteiger partial charge in [-0.2, -0.15) is 0 Å². The molecule has 2 N–H and O–H groups in total. The normalized spacial score (nSPS) is 11.5. The Hall–Kier alpha value is -2.13. The van der Waals surface area contributed by atoms with Crippen LogP contribution in [0.25, 0.3) is 0 Å². The van der Waals surface area contributed by atoms with E-state index in [0.717, 1.165) is 16.7 Å². The summed E-state index contributed by atoms with van der Waals surface area (Å²) in [5, 5.41) is 0. The molecule has 0 heterocycles. The van der Waals surface area contributed by atoms with Gasteiger partial charge in [0.25, 0.3) is 0 Å². The van der Waals surface area contributed by atoms with Crippen LogP contribution in [0.4, 0.5) is 4.39 Å². The van der Waals surface area contributed by atoms with E-state index in [4.69, 9.17) is 10.5 Å². The summed E-state index contributed by atoms with van der Waals surface area (Å²) < 4.78 is 19.6. The summed E-state index contributed by atoms with van der Waals surface area (Å²) in [4.78, 5) is 0. The second kappa shape index (κ2) is 7.60. The molecule has 0 radical (unpaired) electrons. The SMILES string of the molecule is C/C=C(\CN)Cc1ccc(OCc2ccccc2)c(F)c1. The summed E-state index contributed by atoms with van der Waals surface area (Å²) in [6, 6.07) is 14.8. The summed E-state index contributed by atoms with van der Waals surface area (Å²) in [7, 11) is 0. The highest BCUT2D eigenvalue weighted by Gasteiger charge is 2.06. The van der Waals surface area contributed by atoms with Gasteiger partial charge in [0, 0.05) is 6.54 Å². The number of ether oxygens (including phenoxy) is 1. The van der Waals surface area contributed by atoms with Crippen LogP contribution in [-0.2, 0) is 13.0 Å². The molecule has 2 aromatic rings. The molecular formula is C18H20FNO. The highest BCUT2D eigenvalue weighted by atomic mass is 19.1. The van der Waals surface area contributed by atoms with E-state index in [1.807, 2.05) is 49.4 Å². The average Bonchev–Trinajstić information content (AvgIpc) is 2.52. The zero-order valence-electron chi connectivity index (χ0n) is 12.2. The first-order chi connectivity index (χ1) is 10.2. The van der Waals surface area contributed by atoms with Gasteiger partial charge in [-0.15, -0.1) is 0 Å². The first kappa shape index (κ1) is 15.3. The lowest BCUT2D eigenvalue weighted by molar-refractivity contribution is 0.290. The maximum absolute atomic E-state index is 14.0. The molecule has 2 nitrogen and oxygen atoms in total. The van der Waals surface area contributed by atoms with Gasteiger partial charge in [-0.25, -0.2) is 4.39 Å². The highest BCUT2D eigenvalue weighted by Crippen LogP contribution is 2.21. The summed E-state index contributed by atoms with van der Waals surface area (Å²) >= 11 is 0. The van der Waals surface area contributed by atoms with E-state index in [1.165, 1.54) is 6.07 Å². The maximum atomic E-state index is 14.0. The van der Waals surface area contributed by atoms with Crippen LogP contribution in [0.5, 0.6) is 5.75 Å². The van der Waals surface area contributed by atoms with E-state index < -0.39 is 0 Å². The van der Waals surface area contributed by atoms with Gasteiger partial charge < -0.3 is 10.5 Å². The second-order valence-corrected chi connectivity index (χ2v) is 4.87. The van der Waals surface area contributed by atoms with Gasteiger partial charge in [-0.05, 0) is 36.6 Å². The minimum atomic E-state index is -0.337. The van der Waals surface area contributed by atoms with E-state index in [0.29, 0.717) is 19.6 Å². The zero-order valence-corrected chi connectivity index (χ0v) is 12.2. The Balaban J connectivity index is 2.02. The molecule has 0 amide bonds. The Labute approximate surface area is 125 Å². The van der Waals surface area contributed by atoms with Crippen molar-refractivity contribution >= 4 is 0 Å². The van der Waals surface area contributed by atoms with Crippen molar-refractivity contribution in [3.8, 4) is 5.75 Å². The van der Waals surface area contributed by atoms with Crippen molar-refractivity contribution in [2.24, 2.45) is 5.73 Å². The molecule has 2 rings (SSSR count). The number of rotatable bonds is 6. The molecule has 2 aromatic carbocycles. The number of hydrogen-bond donors (Lipinski definition) is 1. The standard InChI is InChI=1S/C18H20FNO/c1-2-14(12-20)10-16-8-9-18(17(19)11-16)21-13-15-6-4-3-5-7-15/h2-9,11H,10,12-13,20H2,1H3/b14-2-. The van der Waals surface area contributed by atoms with Crippen LogP contribution in [-0.4, -0.2) is 6.54 Å². The number of benzene rings is 2. The molecule has 0 saturated carbocycles. The van der Waals surface area contributed by atoms with Gasteiger partial charge >= 0.3 is 0 Å². The van der Waals surface area contributed by atoms with E-state index in [9.17, 15) is 4.39 Å². The summed E-state index contributed by atoms with van der Waals surface area (Å²) in [6.07, 6.45) is 2.64. The molecule has 0 aliphatic rings. The summed E-state index contributed by atoms with van der Waals surface area (Å²) in [5.41, 5.74) is 8.63. The van der Waals surface area contributed by atoms with Gasteiger partial charge in [0.05, 0.1) is 0 Å². The topological polar surface area (TPSA) is 35.2 Å². The predicted octanol–water partition coefficient (Wildman–Crippen LogP) is 3.85. The molecule has 0 unspecified atom stereocenters. The Kier molecular flexibility index (Phi) is 5.52. The maximum Gasteiger partial charge on any atom is 0.165 e. The van der Waals surface area contributed by atoms with Gasteiger partial charge in [0.1, 0.15) is 6.61 Å². The first-order valence-electron chi connectivity index (χ1n) is 7.02. The van der Waals surface area contributed by atoms with Gasteiger partial charge in [-0.3, -0.25) is 0 Å². The van der Waals surface area contributed by atoms with Crippen LogP contribution in [0.2, 0.25) is 0 Å². The number of nitrogens with two attached hydrogens (primary N) is 1. The van der Waals surface area contributed by atoms with E-state index >= 15 is 0 Å². The largest absolute Gasteiger partial charge is 0.486 e. The minimum absolute atomic E-state index is 0.275. The molecule has 0 fully saturated rings. The van der Waals surface area contributed by atoms with E-state index in [1.54, 1.807) is 6.07 Å². The average molecular weight is 285 g/mol. The third-order valence-electron chi connectivity index (χ3n) is 3.34. The van der Waals surface area contributed by atoms with Crippen LogP contribution in [0.1, 0.15) is 18.1 Å². The zero-order chi connectivity index (χ0) is 15.1. The van der Waals surface area contributed by atoms with Crippen molar-refractivity contribution < 1.29 is 9.13 Å². The Morgan fingerprint density at radius 2 is 1.90 bits per heavy atom. The lowest BCUT2D eigenvalue weighted by Crippen LogP contribution is -2.06. The monoisotopic (exact) mass is 285 g/mol. The summed E-state index contributed by atoms with van der Waals surface area (Å²) in [5.74, 6) is -0.0618. The minimum Gasteiger partial charge on any atom is -0.486 e. The molecule has 21 heavy (non-hydrogen) atoms. The third-order valence-corrected chi connectivity index (χ3v) is 3.34. The lowest BCUT2D eigenvalue weighted by Gasteiger charge is -2.10. The van der Waals surface area contributed by atoms with Crippen molar-refractivity contribution in [1.82, 2.24) is 0 Å². The van der Waals surface area contributed by atoms with Crippen molar-refractivity contribution in [2.45, 2.75) is 20.0 Å². The van der Waals surface area contributed by atoms with Crippen molar-refractivity contribution in [3.05, 3.63) is 77.1 Å². The number of allylic oxidation sites excluding steroid dienone is 1. The Morgan fingerprint density at radius 3 is 2.52 bits per heavy atom. The number of hydrogen-bond acceptors (Lipinski definition) is 2. The fourth-order valence-electron chi connectivity index (χ4n) is 2.06. The lowest BCUT2D eigenvalue weighted by atomic mass is 10.0. The molecule has 0 spiro atoms. The fourth-order valence-corrected chi connectivity index (χ4v) is 2.06. The van der Waals surface area contributed by atoms with Gasteiger partial charge in [-0.1, -0.05) is 48.0 Å². The quantitative estimate of drug-likeness (QED) is 0.818.